The predicted molar refractivity (Wildman–Crippen MR) is 170 cm³/mol. The molecule has 3 amide bonds. The van der Waals surface area contributed by atoms with Gasteiger partial charge in [0.25, 0.3) is 5.91 Å². The van der Waals surface area contributed by atoms with Gasteiger partial charge in [-0.1, -0.05) is 26.0 Å². The number of alkyl carbamates (subject to hydrolysis) is 1. The molecule has 0 saturated carbocycles. The number of hydrogen-bond donors (Lipinski definition) is 2. The highest BCUT2D eigenvalue weighted by Crippen LogP contribution is 2.26. The monoisotopic (exact) mass is 681 g/mol. The molecule has 47 heavy (non-hydrogen) atoms. The molecule has 14 heteroatoms. The summed E-state index contributed by atoms with van der Waals surface area (Å²) in [5, 5.41) is 4.49. The Kier molecular flexibility index (Phi) is 13.4. The van der Waals surface area contributed by atoms with E-state index in [-0.39, 0.29) is 44.0 Å². The third kappa shape index (κ3) is 11.4. The molecule has 0 spiro atoms. The number of nitrogens with zero attached hydrogens (tertiary/aromatic N) is 1. The largest absolute Gasteiger partial charge is 0.478 e. The molecule has 3 atom stereocenters. The Hall–Kier alpha value is -3.94. The first kappa shape index (κ1) is 37.5. The fraction of sp³-hybridized carbons (Fsp3) is 0.515. The summed E-state index contributed by atoms with van der Waals surface area (Å²) >= 11 is 1.27. The number of nitrogens with one attached hydrogen (secondary N) is 2. The molecule has 2 aromatic carbocycles. The van der Waals surface area contributed by atoms with Crippen molar-refractivity contribution < 1.29 is 46.6 Å². The van der Waals surface area contributed by atoms with Crippen molar-refractivity contribution in [2.75, 3.05) is 18.9 Å². The molecule has 0 aliphatic carbocycles. The van der Waals surface area contributed by atoms with Crippen molar-refractivity contribution in [1.29, 1.82) is 0 Å². The molecule has 1 fully saturated rings. The van der Waals surface area contributed by atoms with E-state index in [2.05, 4.69) is 10.6 Å². The SMILES string of the molecule is CCOC(=O)[C@H](Oc1ccc(CNC(=O)[C@@H]2SCCN2C(=O)C[C@@H](Cc2cc(F)c(F)cc2F)NC(=O)OC(C)(C)C)cc1)C(C)C. The molecule has 1 aliphatic heterocycles. The van der Waals surface area contributed by atoms with E-state index in [1.54, 1.807) is 52.0 Å². The summed E-state index contributed by atoms with van der Waals surface area (Å²) in [6.07, 6.45) is -2.32. The normalized spacial score (nSPS) is 16.0. The molecule has 1 aliphatic rings. The number of esters is 1. The van der Waals surface area contributed by atoms with Gasteiger partial charge in [0, 0.05) is 43.3 Å². The molecule has 3 rings (SSSR count). The summed E-state index contributed by atoms with van der Waals surface area (Å²) in [6, 6.07) is 6.89. The van der Waals surface area contributed by atoms with Crippen LogP contribution in [-0.2, 0) is 36.8 Å². The van der Waals surface area contributed by atoms with Crippen LogP contribution in [0.5, 0.6) is 5.75 Å². The molecule has 2 N–H and O–H groups in total. The molecular formula is C33H42F3N3O7S. The van der Waals surface area contributed by atoms with Gasteiger partial charge in [-0.05, 0) is 63.4 Å². The minimum atomic E-state index is -1.36. The predicted octanol–water partition coefficient (Wildman–Crippen LogP) is 5.11. The van der Waals surface area contributed by atoms with Crippen LogP contribution in [0.25, 0.3) is 0 Å². The maximum atomic E-state index is 14.5. The Labute approximate surface area is 277 Å². The first-order valence-corrected chi connectivity index (χ1v) is 16.4. The van der Waals surface area contributed by atoms with Crippen molar-refractivity contribution in [2.24, 2.45) is 5.92 Å². The fourth-order valence-corrected chi connectivity index (χ4v) is 5.86. The van der Waals surface area contributed by atoms with Crippen LogP contribution in [-0.4, -0.2) is 70.8 Å². The summed E-state index contributed by atoms with van der Waals surface area (Å²) in [5.41, 5.74) is -0.355. The van der Waals surface area contributed by atoms with Gasteiger partial charge in [0.05, 0.1) is 6.61 Å². The first-order chi connectivity index (χ1) is 22.1. The van der Waals surface area contributed by atoms with Gasteiger partial charge < -0.3 is 29.7 Å². The van der Waals surface area contributed by atoms with Crippen LogP contribution in [0.1, 0.15) is 59.1 Å². The smallest absolute Gasteiger partial charge is 0.407 e. The number of carbonyl (C=O) groups excluding carboxylic acids is 4. The topological polar surface area (TPSA) is 123 Å². The van der Waals surface area contributed by atoms with Crippen LogP contribution in [0.4, 0.5) is 18.0 Å². The van der Waals surface area contributed by atoms with Gasteiger partial charge in [-0.15, -0.1) is 11.8 Å². The molecule has 0 unspecified atom stereocenters. The molecule has 0 bridgehead atoms. The van der Waals surface area contributed by atoms with Crippen LogP contribution < -0.4 is 15.4 Å². The number of hydrogen-bond acceptors (Lipinski definition) is 8. The fourth-order valence-electron chi connectivity index (χ4n) is 4.69. The van der Waals surface area contributed by atoms with Crippen molar-refractivity contribution in [3.05, 3.63) is 65.0 Å². The highest BCUT2D eigenvalue weighted by atomic mass is 32.2. The average Bonchev–Trinajstić information content (AvgIpc) is 3.47. The molecule has 0 radical (unpaired) electrons. The minimum absolute atomic E-state index is 0.113. The number of ether oxygens (including phenoxy) is 3. The number of benzene rings is 2. The van der Waals surface area contributed by atoms with Gasteiger partial charge in [0.2, 0.25) is 5.91 Å². The standard InChI is InChI=1S/C33H42F3N3O7S/c1-7-44-31(42)28(19(2)3)45-23-10-8-20(9-11-23)18-37-29(41)30-39(12-13-47-30)27(40)16-22(38-32(43)46-33(4,5)6)14-21-15-25(35)26(36)17-24(21)34/h8-11,15,17,19,22,28,30H,7,12-14,16,18H2,1-6H3,(H,37,41)(H,38,43)/t22-,28-,30+/m1/s1. The third-order valence-corrected chi connectivity index (χ3v) is 8.11. The zero-order valence-electron chi connectivity index (χ0n) is 27.4. The van der Waals surface area contributed by atoms with Crippen LogP contribution in [0, 0.1) is 23.4 Å². The second-order valence-electron chi connectivity index (χ2n) is 12.3. The van der Waals surface area contributed by atoms with Gasteiger partial charge in [-0.25, -0.2) is 22.8 Å². The lowest BCUT2D eigenvalue weighted by atomic mass is 10.0. The molecular weight excluding hydrogens is 639 g/mol. The van der Waals surface area contributed by atoms with Crippen molar-refractivity contribution in [2.45, 2.75) is 84.0 Å². The van der Waals surface area contributed by atoms with E-state index < -0.39 is 64.4 Å². The van der Waals surface area contributed by atoms with Crippen molar-refractivity contribution >= 4 is 35.6 Å². The third-order valence-electron chi connectivity index (χ3n) is 6.91. The number of thioether (sulfide) groups is 1. The Morgan fingerprint density at radius 1 is 1.02 bits per heavy atom. The Morgan fingerprint density at radius 2 is 1.68 bits per heavy atom. The van der Waals surface area contributed by atoms with Gasteiger partial charge >= 0.3 is 12.1 Å². The second-order valence-corrected chi connectivity index (χ2v) is 13.5. The summed E-state index contributed by atoms with van der Waals surface area (Å²) < 4.78 is 58.1. The van der Waals surface area contributed by atoms with Crippen LogP contribution in [0.3, 0.4) is 0 Å². The highest BCUT2D eigenvalue weighted by Gasteiger charge is 2.36. The van der Waals surface area contributed by atoms with E-state index in [0.717, 1.165) is 5.56 Å². The van der Waals surface area contributed by atoms with E-state index in [1.807, 2.05) is 13.8 Å². The summed E-state index contributed by atoms with van der Waals surface area (Å²) in [5.74, 6) is -4.18. The van der Waals surface area contributed by atoms with E-state index in [4.69, 9.17) is 14.2 Å². The Balaban J connectivity index is 1.64. The first-order valence-electron chi connectivity index (χ1n) is 15.3. The molecule has 1 saturated heterocycles. The number of amides is 3. The zero-order valence-corrected chi connectivity index (χ0v) is 28.2. The van der Waals surface area contributed by atoms with Crippen molar-refractivity contribution in [1.82, 2.24) is 15.5 Å². The molecule has 0 aromatic heterocycles. The van der Waals surface area contributed by atoms with Crippen LogP contribution >= 0.6 is 11.8 Å². The molecule has 2 aromatic rings. The summed E-state index contributed by atoms with van der Waals surface area (Å²) in [4.78, 5) is 52.7. The molecule has 258 valence electrons. The molecule has 1 heterocycles. The van der Waals surface area contributed by atoms with Gasteiger partial charge in [-0.3, -0.25) is 9.59 Å². The van der Waals surface area contributed by atoms with Crippen molar-refractivity contribution in [3.63, 3.8) is 0 Å². The van der Waals surface area contributed by atoms with Gasteiger partial charge in [0.15, 0.2) is 23.1 Å². The quantitative estimate of drug-likeness (QED) is 0.221. The lowest BCUT2D eigenvalue weighted by Crippen LogP contribution is -2.48. The molecule has 10 nitrogen and oxygen atoms in total. The minimum Gasteiger partial charge on any atom is -0.478 e. The number of halogens is 3. The second kappa shape index (κ2) is 16.8. The van der Waals surface area contributed by atoms with E-state index in [0.29, 0.717) is 23.6 Å². The Morgan fingerprint density at radius 3 is 2.30 bits per heavy atom. The van der Waals surface area contributed by atoms with Gasteiger partial charge in [0.1, 0.15) is 17.2 Å². The summed E-state index contributed by atoms with van der Waals surface area (Å²) in [7, 11) is 0. The van der Waals surface area contributed by atoms with Gasteiger partial charge in [-0.2, -0.15) is 0 Å². The Bertz CT molecular complexity index is 1420. The lowest BCUT2D eigenvalue weighted by Gasteiger charge is -2.27. The number of rotatable bonds is 13. The van der Waals surface area contributed by atoms with Crippen LogP contribution in [0.2, 0.25) is 0 Å². The van der Waals surface area contributed by atoms with Crippen molar-refractivity contribution in [3.8, 4) is 5.75 Å². The van der Waals surface area contributed by atoms with E-state index in [9.17, 15) is 32.3 Å². The maximum absolute atomic E-state index is 14.5. The average molecular weight is 682 g/mol. The maximum Gasteiger partial charge on any atom is 0.407 e. The number of carbonyl (C=O) groups is 4. The lowest BCUT2D eigenvalue weighted by molar-refractivity contribution is -0.153. The summed E-state index contributed by atoms with van der Waals surface area (Å²) in [6.45, 7) is 11.0. The highest BCUT2D eigenvalue weighted by molar-refractivity contribution is 8.00. The van der Waals surface area contributed by atoms with E-state index in [1.165, 1.54) is 16.7 Å². The zero-order chi connectivity index (χ0) is 34.9. The van der Waals surface area contributed by atoms with E-state index >= 15 is 0 Å². The van der Waals surface area contributed by atoms with Crippen LogP contribution in [0.15, 0.2) is 36.4 Å².